The standard InChI is InChI=1S/C13H25N/c1-10(2)11-6-13(7-11)8-14(9-13)12(3,4)5/h10-11H,6-9H2,1-5H3. The van der Waals surface area contributed by atoms with Gasteiger partial charge in [-0.15, -0.1) is 0 Å². The second-order valence-corrected chi connectivity index (χ2v) is 6.94. The molecule has 0 atom stereocenters. The molecular weight excluding hydrogens is 170 g/mol. The summed E-state index contributed by atoms with van der Waals surface area (Å²) in [5.41, 5.74) is 1.15. The van der Waals surface area contributed by atoms with Crippen LogP contribution in [0.15, 0.2) is 0 Å². The van der Waals surface area contributed by atoms with Crippen LogP contribution in [0.1, 0.15) is 47.5 Å². The second-order valence-electron chi connectivity index (χ2n) is 6.94. The molecule has 0 aromatic carbocycles. The highest BCUT2D eigenvalue weighted by molar-refractivity contribution is 5.07. The molecule has 1 saturated carbocycles. The zero-order chi connectivity index (χ0) is 10.6. The van der Waals surface area contributed by atoms with Crippen molar-refractivity contribution in [3.8, 4) is 0 Å². The summed E-state index contributed by atoms with van der Waals surface area (Å²) in [5.74, 6) is 1.93. The summed E-state index contributed by atoms with van der Waals surface area (Å²) in [5, 5.41) is 0. The first-order chi connectivity index (χ1) is 6.32. The summed E-state index contributed by atoms with van der Waals surface area (Å²) in [4.78, 5) is 2.63. The van der Waals surface area contributed by atoms with Gasteiger partial charge in [0.1, 0.15) is 0 Å². The molecule has 0 aromatic rings. The number of nitrogens with zero attached hydrogens (tertiary/aromatic N) is 1. The number of likely N-dealkylation sites (tertiary alicyclic amines) is 1. The predicted octanol–water partition coefficient (Wildman–Crippen LogP) is 3.15. The molecule has 1 aliphatic carbocycles. The van der Waals surface area contributed by atoms with Gasteiger partial charge in [0.25, 0.3) is 0 Å². The van der Waals surface area contributed by atoms with Gasteiger partial charge < -0.3 is 0 Å². The van der Waals surface area contributed by atoms with Crippen molar-refractivity contribution >= 4 is 0 Å². The Hall–Kier alpha value is -0.0400. The van der Waals surface area contributed by atoms with Crippen LogP contribution in [-0.2, 0) is 0 Å². The van der Waals surface area contributed by atoms with Gasteiger partial charge in [0.05, 0.1) is 0 Å². The van der Waals surface area contributed by atoms with Gasteiger partial charge in [-0.05, 0) is 50.9 Å². The first kappa shape index (κ1) is 10.5. The molecule has 0 bridgehead atoms. The van der Waals surface area contributed by atoms with Crippen LogP contribution in [0.5, 0.6) is 0 Å². The fraction of sp³-hybridized carbons (Fsp3) is 1.00. The van der Waals surface area contributed by atoms with Gasteiger partial charge >= 0.3 is 0 Å². The highest BCUT2D eigenvalue weighted by Crippen LogP contribution is 2.55. The Kier molecular flexibility index (Phi) is 2.23. The molecule has 2 fully saturated rings. The van der Waals surface area contributed by atoms with E-state index in [9.17, 15) is 0 Å². The minimum Gasteiger partial charge on any atom is -0.297 e. The molecule has 1 nitrogen and oxygen atoms in total. The zero-order valence-electron chi connectivity index (χ0n) is 10.4. The van der Waals surface area contributed by atoms with Crippen LogP contribution < -0.4 is 0 Å². The minimum atomic E-state index is 0.397. The fourth-order valence-electron chi connectivity index (χ4n) is 3.02. The Balaban J connectivity index is 1.80. The monoisotopic (exact) mass is 195 g/mol. The molecule has 1 spiro atoms. The van der Waals surface area contributed by atoms with E-state index in [2.05, 4.69) is 39.5 Å². The van der Waals surface area contributed by atoms with Gasteiger partial charge in [0.15, 0.2) is 0 Å². The van der Waals surface area contributed by atoms with Crippen LogP contribution >= 0.6 is 0 Å². The first-order valence-corrected chi connectivity index (χ1v) is 6.07. The van der Waals surface area contributed by atoms with E-state index in [0.717, 1.165) is 17.3 Å². The van der Waals surface area contributed by atoms with E-state index in [4.69, 9.17) is 0 Å². The van der Waals surface area contributed by atoms with E-state index in [1.807, 2.05) is 0 Å². The lowest BCUT2D eigenvalue weighted by atomic mass is 9.54. The van der Waals surface area contributed by atoms with Crippen LogP contribution in [0.4, 0.5) is 0 Å². The SMILES string of the molecule is CC(C)C1CC2(C1)CN(C(C)(C)C)C2. The van der Waals surface area contributed by atoms with Gasteiger partial charge in [-0.2, -0.15) is 0 Å². The maximum Gasteiger partial charge on any atom is 0.0125 e. The largest absolute Gasteiger partial charge is 0.297 e. The van der Waals surface area contributed by atoms with Gasteiger partial charge in [0.2, 0.25) is 0 Å². The summed E-state index contributed by atoms with van der Waals surface area (Å²) in [6.07, 6.45) is 2.99. The molecule has 1 aliphatic heterocycles. The third-order valence-corrected chi connectivity index (χ3v) is 4.33. The normalized spacial score (nSPS) is 27.9. The lowest BCUT2D eigenvalue weighted by molar-refractivity contribution is -0.138. The Bertz CT molecular complexity index is 210. The third-order valence-electron chi connectivity index (χ3n) is 4.33. The Morgan fingerprint density at radius 3 is 2.00 bits per heavy atom. The maximum absolute atomic E-state index is 2.63. The van der Waals surface area contributed by atoms with Gasteiger partial charge in [-0.3, -0.25) is 4.90 Å². The third kappa shape index (κ3) is 1.60. The van der Waals surface area contributed by atoms with E-state index in [1.165, 1.54) is 25.9 Å². The van der Waals surface area contributed by atoms with Crippen molar-refractivity contribution in [1.29, 1.82) is 0 Å². The minimum absolute atomic E-state index is 0.397. The number of rotatable bonds is 1. The van der Waals surface area contributed by atoms with Crippen molar-refractivity contribution in [3.63, 3.8) is 0 Å². The maximum atomic E-state index is 2.63. The van der Waals surface area contributed by atoms with Crippen molar-refractivity contribution in [1.82, 2.24) is 4.90 Å². The average Bonchev–Trinajstić information content (AvgIpc) is 1.74. The van der Waals surface area contributed by atoms with Crippen LogP contribution in [0.3, 0.4) is 0 Å². The molecule has 0 unspecified atom stereocenters. The Morgan fingerprint density at radius 2 is 1.64 bits per heavy atom. The van der Waals surface area contributed by atoms with Crippen molar-refractivity contribution in [2.45, 2.75) is 53.0 Å². The fourth-order valence-corrected chi connectivity index (χ4v) is 3.02. The van der Waals surface area contributed by atoms with E-state index in [-0.39, 0.29) is 0 Å². The summed E-state index contributed by atoms with van der Waals surface area (Å²) in [7, 11) is 0. The summed E-state index contributed by atoms with van der Waals surface area (Å²) >= 11 is 0. The molecule has 2 rings (SSSR count). The average molecular weight is 195 g/mol. The summed E-state index contributed by atoms with van der Waals surface area (Å²) < 4.78 is 0. The molecule has 0 aromatic heterocycles. The molecule has 0 radical (unpaired) electrons. The molecule has 1 heteroatoms. The summed E-state index contributed by atoms with van der Waals surface area (Å²) in [6.45, 7) is 14.5. The Morgan fingerprint density at radius 1 is 1.14 bits per heavy atom. The molecule has 0 amide bonds. The topological polar surface area (TPSA) is 3.24 Å². The number of hydrogen-bond donors (Lipinski definition) is 0. The summed E-state index contributed by atoms with van der Waals surface area (Å²) in [6, 6.07) is 0. The molecule has 2 aliphatic rings. The highest BCUT2D eigenvalue weighted by Gasteiger charge is 2.54. The lowest BCUT2D eigenvalue weighted by Gasteiger charge is -2.63. The quantitative estimate of drug-likeness (QED) is 0.621. The van der Waals surface area contributed by atoms with Crippen LogP contribution in [0.2, 0.25) is 0 Å². The smallest absolute Gasteiger partial charge is 0.0125 e. The second kappa shape index (κ2) is 2.98. The molecular formula is C13H25N. The van der Waals surface area contributed by atoms with Gasteiger partial charge in [-0.25, -0.2) is 0 Å². The highest BCUT2D eigenvalue weighted by atomic mass is 15.3. The molecule has 0 N–H and O–H groups in total. The molecule has 82 valence electrons. The molecule has 1 saturated heterocycles. The van der Waals surface area contributed by atoms with Crippen LogP contribution in [-0.4, -0.2) is 23.5 Å². The molecule has 14 heavy (non-hydrogen) atoms. The van der Waals surface area contributed by atoms with Gasteiger partial charge in [-0.1, -0.05) is 13.8 Å². The van der Waals surface area contributed by atoms with E-state index >= 15 is 0 Å². The van der Waals surface area contributed by atoms with E-state index in [0.29, 0.717) is 5.54 Å². The predicted molar refractivity (Wildman–Crippen MR) is 61.3 cm³/mol. The van der Waals surface area contributed by atoms with E-state index in [1.54, 1.807) is 0 Å². The first-order valence-electron chi connectivity index (χ1n) is 6.07. The van der Waals surface area contributed by atoms with Crippen molar-refractivity contribution in [2.75, 3.05) is 13.1 Å². The van der Waals surface area contributed by atoms with Gasteiger partial charge in [0, 0.05) is 18.6 Å². The Labute approximate surface area is 88.9 Å². The lowest BCUT2D eigenvalue weighted by Crippen LogP contribution is -2.67. The van der Waals surface area contributed by atoms with E-state index < -0.39 is 0 Å². The van der Waals surface area contributed by atoms with Crippen molar-refractivity contribution < 1.29 is 0 Å². The zero-order valence-corrected chi connectivity index (χ0v) is 10.4. The van der Waals surface area contributed by atoms with Crippen LogP contribution in [0, 0.1) is 17.3 Å². The van der Waals surface area contributed by atoms with Crippen molar-refractivity contribution in [2.24, 2.45) is 17.3 Å². The molecule has 1 heterocycles. The van der Waals surface area contributed by atoms with Crippen molar-refractivity contribution in [3.05, 3.63) is 0 Å². The van der Waals surface area contributed by atoms with Crippen LogP contribution in [0.25, 0.3) is 0 Å². The number of hydrogen-bond acceptors (Lipinski definition) is 1.